The van der Waals surface area contributed by atoms with E-state index in [1.807, 2.05) is 12.1 Å². The summed E-state index contributed by atoms with van der Waals surface area (Å²) >= 11 is 0. The van der Waals surface area contributed by atoms with Crippen molar-refractivity contribution < 1.29 is 5.11 Å². The van der Waals surface area contributed by atoms with Crippen LogP contribution in [0.15, 0.2) is 24.3 Å². The van der Waals surface area contributed by atoms with Crippen molar-refractivity contribution in [2.45, 2.75) is 6.54 Å². The minimum atomic E-state index is 0.166. The molecule has 0 saturated carbocycles. The number of hydrogen-bond acceptors (Lipinski definition) is 3. The second-order valence-electron chi connectivity index (χ2n) is 3.59. The number of rotatable bonds is 5. The molecular weight excluding hydrogens is 176 g/mol. The van der Waals surface area contributed by atoms with Crippen LogP contribution in [-0.4, -0.2) is 37.3 Å². The SMILES string of the molecule is CN(C)Cc1ccc(NCCO)cc1. The van der Waals surface area contributed by atoms with Crippen LogP contribution in [0.5, 0.6) is 0 Å². The molecule has 2 N–H and O–H groups in total. The lowest BCUT2D eigenvalue weighted by Gasteiger charge is -2.10. The highest BCUT2D eigenvalue weighted by molar-refractivity contribution is 5.44. The number of nitrogens with zero attached hydrogens (tertiary/aromatic N) is 1. The van der Waals surface area contributed by atoms with Gasteiger partial charge in [0.15, 0.2) is 0 Å². The van der Waals surface area contributed by atoms with Gasteiger partial charge in [0, 0.05) is 18.8 Å². The molecular formula is C11H18N2O. The Morgan fingerprint density at radius 1 is 1.21 bits per heavy atom. The second-order valence-corrected chi connectivity index (χ2v) is 3.59. The Bertz CT molecular complexity index is 256. The van der Waals surface area contributed by atoms with E-state index in [4.69, 9.17) is 5.11 Å². The van der Waals surface area contributed by atoms with Gasteiger partial charge in [-0.2, -0.15) is 0 Å². The van der Waals surface area contributed by atoms with E-state index in [9.17, 15) is 0 Å². The molecule has 0 bridgehead atoms. The van der Waals surface area contributed by atoms with E-state index in [-0.39, 0.29) is 6.61 Å². The van der Waals surface area contributed by atoms with Crippen molar-refractivity contribution in [2.24, 2.45) is 0 Å². The summed E-state index contributed by atoms with van der Waals surface area (Å²) in [6.45, 7) is 1.73. The summed E-state index contributed by atoms with van der Waals surface area (Å²) in [4.78, 5) is 2.14. The van der Waals surface area contributed by atoms with E-state index < -0.39 is 0 Å². The van der Waals surface area contributed by atoms with Gasteiger partial charge in [-0.3, -0.25) is 0 Å². The standard InChI is InChI=1S/C11H18N2O/c1-13(2)9-10-3-5-11(6-4-10)12-7-8-14/h3-6,12,14H,7-9H2,1-2H3. The summed E-state index contributed by atoms with van der Waals surface area (Å²) in [6, 6.07) is 8.27. The van der Waals surface area contributed by atoms with Crippen LogP contribution >= 0.6 is 0 Å². The van der Waals surface area contributed by atoms with Crippen LogP contribution in [0.2, 0.25) is 0 Å². The maximum Gasteiger partial charge on any atom is 0.0604 e. The first kappa shape index (κ1) is 11.0. The predicted octanol–water partition coefficient (Wildman–Crippen LogP) is 1.15. The van der Waals surface area contributed by atoms with Crippen LogP contribution in [0.25, 0.3) is 0 Å². The van der Waals surface area contributed by atoms with Gasteiger partial charge in [0.1, 0.15) is 0 Å². The zero-order chi connectivity index (χ0) is 10.4. The van der Waals surface area contributed by atoms with Gasteiger partial charge in [0.05, 0.1) is 6.61 Å². The molecule has 1 rings (SSSR count). The largest absolute Gasteiger partial charge is 0.395 e. The van der Waals surface area contributed by atoms with Crippen LogP contribution in [-0.2, 0) is 6.54 Å². The number of nitrogens with one attached hydrogen (secondary N) is 1. The fourth-order valence-electron chi connectivity index (χ4n) is 1.29. The number of benzene rings is 1. The van der Waals surface area contributed by atoms with Crippen molar-refractivity contribution in [2.75, 3.05) is 32.6 Å². The average molecular weight is 194 g/mol. The molecule has 1 aromatic rings. The fourth-order valence-corrected chi connectivity index (χ4v) is 1.29. The molecule has 0 heterocycles. The summed E-state index contributed by atoms with van der Waals surface area (Å²) in [5, 5.41) is 11.7. The fraction of sp³-hybridized carbons (Fsp3) is 0.455. The van der Waals surface area contributed by atoms with E-state index in [0.717, 1.165) is 12.2 Å². The van der Waals surface area contributed by atoms with Crippen molar-refractivity contribution in [3.8, 4) is 0 Å². The Kier molecular flexibility index (Phi) is 4.43. The molecule has 0 radical (unpaired) electrons. The Labute approximate surface area is 85.4 Å². The first-order valence-corrected chi connectivity index (χ1v) is 4.81. The third-order valence-corrected chi connectivity index (χ3v) is 1.89. The lowest BCUT2D eigenvalue weighted by molar-refractivity contribution is 0.311. The Morgan fingerprint density at radius 2 is 1.86 bits per heavy atom. The maximum atomic E-state index is 8.63. The lowest BCUT2D eigenvalue weighted by Crippen LogP contribution is -2.10. The molecule has 0 aliphatic heterocycles. The van der Waals surface area contributed by atoms with Gasteiger partial charge < -0.3 is 15.3 Å². The van der Waals surface area contributed by atoms with Crippen molar-refractivity contribution >= 4 is 5.69 Å². The van der Waals surface area contributed by atoms with Crippen molar-refractivity contribution in [3.63, 3.8) is 0 Å². The molecule has 0 saturated heterocycles. The Morgan fingerprint density at radius 3 is 2.36 bits per heavy atom. The number of hydrogen-bond donors (Lipinski definition) is 2. The quantitative estimate of drug-likeness (QED) is 0.738. The minimum absolute atomic E-state index is 0.166. The van der Waals surface area contributed by atoms with Gasteiger partial charge in [-0.25, -0.2) is 0 Å². The monoisotopic (exact) mass is 194 g/mol. The van der Waals surface area contributed by atoms with Gasteiger partial charge in [0.2, 0.25) is 0 Å². The third kappa shape index (κ3) is 3.77. The van der Waals surface area contributed by atoms with Gasteiger partial charge in [-0.15, -0.1) is 0 Å². The minimum Gasteiger partial charge on any atom is -0.395 e. The van der Waals surface area contributed by atoms with Gasteiger partial charge >= 0.3 is 0 Å². The second kappa shape index (κ2) is 5.62. The van der Waals surface area contributed by atoms with E-state index in [1.54, 1.807) is 0 Å². The first-order chi connectivity index (χ1) is 6.72. The Balaban J connectivity index is 2.50. The molecule has 3 nitrogen and oxygen atoms in total. The summed E-state index contributed by atoms with van der Waals surface area (Å²) in [5.41, 5.74) is 2.35. The number of aliphatic hydroxyl groups excluding tert-OH is 1. The smallest absolute Gasteiger partial charge is 0.0604 e. The normalized spacial score (nSPS) is 10.6. The molecule has 0 aromatic heterocycles. The maximum absolute atomic E-state index is 8.63. The molecule has 0 atom stereocenters. The van der Waals surface area contributed by atoms with E-state index >= 15 is 0 Å². The molecule has 0 fully saturated rings. The Hall–Kier alpha value is -1.06. The molecule has 0 spiro atoms. The highest BCUT2D eigenvalue weighted by atomic mass is 16.3. The lowest BCUT2D eigenvalue weighted by atomic mass is 10.2. The topological polar surface area (TPSA) is 35.5 Å². The zero-order valence-electron chi connectivity index (χ0n) is 8.83. The zero-order valence-corrected chi connectivity index (χ0v) is 8.83. The molecule has 0 amide bonds. The van der Waals surface area contributed by atoms with E-state index in [2.05, 4.69) is 36.4 Å². The average Bonchev–Trinajstić information content (AvgIpc) is 2.16. The number of aliphatic hydroxyl groups is 1. The van der Waals surface area contributed by atoms with Crippen LogP contribution < -0.4 is 5.32 Å². The molecule has 0 aliphatic rings. The summed E-state index contributed by atoms with van der Waals surface area (Å²) in [6.07, 6.45) is 0. The third-order valence-electron chi connectivity index (χ3n) is 1.89. The molecule has 3 heteroatoms. The molecule has 78 valence electrons. The van der Waals surface area contributed by atoms with Gasteiger partial charge in [-0.1, -0.05) is 12.1 Å². The van der Waals surface area contributed by atoms with Gasteiger partial charge in [-0.05, 0) is 31.8 Å². The van der Waals surface area contributed by atoms with E-state index in [1.165, 1.54) is 5.56 Å². The summed E-state index contributed by atoms with van der Waals surface area (Å²) in [5.74, 6) is 0. The first-order valence-electron chi connectivity index (χ1n) is 4.81. The van der Waals surface area contributed by atoms with Crippen molar-refractivity contribution in [3.05, 3.63) is 29.8 Å². The number of anilines is 1. The van der Waals surface area contributed by atoms with Gasteiger partial charge in [0.25, 0.3) is 0 Å². The molecule has 0 aliphatic carbocycles. The van der Waals surface area contributed by atoms with E-state index in [0.29, 0.717) is 6.54 Å². The van der Waals surface area contributed by atoms with Crippen molar-refractivity contribution in [1.82, 2.24) is 4.90 Å². The van der Waals surface area contributed by atoms with Crippen LogP contribution in [0.3, 0.4) is 0 Å². The summed E-state index contributed by atoms with van der Waals surface area (Å²) in [7, 11) is 4.11. The predicted molar refractivity (Wildman–Crippen MR) is 59.4 cm³/mol. The van der Waals surface area contributed by atoms with Crippen LogP contribution in [0, 0.1) is 0 Å². The highest BCUT2D eigenvalue weighted by Crippen LogP contribution is 2.09. The highest BCUT2D eigenvalue weighted by Gasteiger charge is 1.95. The molecule has 1 aromatic carbocycles. The summed E-state index contributed by atoms with van der Waals surface area (Å²) < 4.78 is 0. The molecule has 14 heavy (non-hydrogen) atoms. The van der Waals surface area contributed by atoms with Crippen LogP contribution in [0.1, 0.15) is 5.56 Å². The van der Waals surface area contributed by atoms with Crippen LogP contribution in [0.4, 0.5) is 5.69 Å². The molecule has 0 unspecified atom stereocenters. The van der Waals surface area contributed by atoms with Crippen molar-refractivity contribution in [1.29, 1.82) is 0 Å².